The number of aliphatic hydroxyl groups excluding tert-OH is 1. The van der Waals surface area contributed by atoms with Crippen LogP contribution >= 0.6 is 0 Å². The summed E-state index contributed by atoms with van der Waals surface area (Å²) in [4.78, 5) is 24.8. The molecular weight excluding hydrogens is 261 g/mol. The third-order valence-corrected chi connectivity index (χ3v) is 3.89. The Labute approximate surface area is 119 Å². The number of carbonyl (C=O) groups is 2. The van der Waals surface area contributed by atoms with Gasteiger partial charge in [-0.05, 0) is 13.3 Å². The monoisotopic (exact) mass is 283 g/mol. The molecule has 0 bridgehead atoms. The van der Waals surface area contributed by atoms with Crippen LogP contribution in [0.5, 0.6) is 0 Å². The van der Waals surface area contributed by atoms with Crippen LogP contribution in [0.25, 0.3) is 0 Å². The lowest BCUT2D eigenvalue weighted by Gasteiger charge is -2.25. The number of likely N-dealkylation sites (tertiary alicyclic amines) is 1. The highest BCUT2D eigenvalue weighted by Gasteiger charge is 2.51. The summed E-state index contributed by atoms with van der Waals surface area (Å²) in [6.07, 6.45) is 0.615. The van der Waals surface area contributed by atoms with E-state index in [0.29, 0.717) is 19.2 Å². The Morgan fingerprint density at radius 2 is 2.15 bits per heavy atom. The van der Waals surface area contributed by atoms with Crippen LogP contribution in [0.4, 0.5) is 0 Å². The van der Waals surface area contributed by atoms with Crippen molar-refractivity contribution in [1.29, 1.82) is 0 Å². The minimum Gasteiger partial charge on any atom is -0.480 e. The van der Waals surface area contributed by atoms with E-state index in [9.17, 15) is 19.8 Å². The fraction of sp³-hybridized carbons (Fsp3) is 0.833. The molecule has 6 N–H and O–H groups in total. The highest BCUT2D eigenvalue weighted by molar-refractivity contribution is 6.08. The summed E-state index contributed by atoms with van der Waals surface area (Å²) in [5.41, 5.74) is 10.1. The molecule has 1 amide bonds. The molecule has 4 atom stereocenters. The number of hydrogen-bond donors (Lipinski definition) is 4. The molecule has 8 heteroatoms. The molecule has 0 aliphatic carbocycles. The van der Waals surface area contributed by atoms with Gasteiger partial charge in [-0.3, -0.25) is 9.59 Å². The third kappa shape index (κ3) is 3.31. The smallest absolute Gasteiger partial charge is 0.325 e. The number of nitrogens with two attached hydrogens (primary N) is 2. The van der Waals surface area contributed by atoms with Gasteiger partial charge in [0.05, 0.1) is 14.0 Å². The molecule has 0 unspecified atom stereocenters. The molecule has 1 saturated heterocycles. The van der Waals surface area contributed by atoms with E-state index in [-0.39, 0.29) is 19.0 Å². The summed E-state index contributed by atoms with van der Waals surface area (Å²) in [7, 11) is 5.43. The molecule has 0 aromatic carbocycles. The number of carboxylic acids is 1. The highest BCUT2D eigenvalue weighted by atomic mass is 16.4. The predicted octanol–water partition coefficient (Wildman–Crippen LogP) is -1.70. The number of nitrogens with zero attached hydrogens (tertiary/aromatic N) is 1. The zero-order valence-electron chi connectivity index (χ0n) is 11.7. The lowest BCUT2D eigenvalue weighted by Crippen LogP contribution is -2.56. The van der Waals surface area contributed by atoms with Crippen molar-refractivity contribution >= 4 is 19.7 Å². The predicted molar refractivity (Wildman–Crippen MR) is 74.1 cm³/mol. The van der Waals surface area contributed by atoms with Crippen molar-refractivity contribution in [2.45, 2.75) is 43.8 Å². The molecule has 1 heterocycles. The van der Waals surface area contributed by atoms with Crippen LogP contribution in [0.3, 0.4) is 0 Å². The topological polar surface area (TPSA) is 130 Å². The Morgan fingerprint density at radius 1 is 1.55 bits per heavy atom. The number of aliphatic carboxylic acids is 1. The van der Waals surface area contributed by atoms with Gasteiger partial charge in [0.1, 0.15) is 11.6 Å². The molecule has 7 nitrogen and oxygen atoms in total. The zero-order valence-corrected chi connectivity index (χ0v) is 11.7. The van der Waals surface area contributed by atoms with Crippen molar-refractivity contribution < 1.29 is 19.8 Å². The van der Waals surface area contributed by atoms with Crippen molar-refractivity contribution in [2.75, 3.05) is 13.1 Å². The second-order valence-corrected chi connectivity index (χ2v) is 5.46. The summed E-state index contributed by atoms with van der Waals surface area (Å²) in [5, 5.41) is 18.7. The first-order valence-electron chi connectivity index (χ1n) is 6.68. The largest absolute Gasteiger partial charge is 0.480 e. The summed E-state index contributed by atoms with van der Waals surface area (Å²) in [5.74, 6) is -1.99. The molecule has 0 aromatic rings. The first-order chi connectivity index (χ1) is 9.24. The molecule has 0 aromatic heterocycles. The van der Waals surface area contributed by atoms with Gasteiger partial charge in [-0.25, -0.2) is 0 Å². The van der Waals surface area contributed by atoms with Crippen LogP contribution in [0.15, 0.2) is 0 Å². The normalized spacial score (nSPS) is 29.2. The molecule has 1 fully saturated rings. The van der Waals surface area contributed by atoms with Gasteiger partial charge in [-0.1, -0.05) is 12.7 Å². The van der Waals surface area contributed by atoms with Crippen molar-refractivity contribution in [2.24, 2.45) is 17.4 Å². The van der Waals surface area contributed by atoms with Crippen LogP contribution in [0.1, 0.15) is 19.8 Å². The molecule has 20 heavy (non-hydrogen) atoms. The van der Waals surface area contributed by atoms with Crippen LogP contribution in [-0.4, -0.2) is 65.6 Å². The van der Waals surface area contributed by atoms with E-state index in [2.05, 4.69) is 0 Å². The van der Waals surface area contributed by atoms with Gasteiger partial charge in [0.25, 0.3) is 0 Å². The highest BCUT2D eigenvalue weighted by Crippen LogP contribution is 2.30. The van der Waals surface area contributed by atoms with Crippen LogP contribution in [0, 0.1) is 5.92 Å². The quantitative estimate of drug-likeness (QED) is 0.430. The van der Waals surface area contributed by atoms with Gasteiger partial charge in [0.15, 0.2) is 0 Å². The van der Waals surface area contributed by atoms with Gasteiger partial charge in [-0.2, -0.15) is 0 Å². The third-order valence-electron chi connectivity index (χ3n) is 3.89. The number of rotatable bonds is 6. The van der Waals surface area contributed by atoms with Gasteiger partial charge in [0.2, 0.25) is 5.91 Å². The second kappa shape index (κ2) is 6.56. The molecule has 0 saturated carbocycles. The maximum atomic E-state index is 12.1. The van der Waals surface area contributed by atoms with Crippen LogP contribution in [-0.2, 0) is 9.59 Å². The fourth-order valence-electron chi connectivity index (χ4n) is 2.48. The Kier molecular flexibility index (Phi) is 5.55. The van der Waals surface area contributed by atoms with E-state index in [0.717, 1.165) is 0 Å². The maximum Gasteiger partial charge on any atom is 0.325 e. The van der Waals surface area contributed by atoms with Gasteiger partial charge >= 0.3 is 5.97 Å². The van der Waals surface area contributed by atoms with E-state index >= 15 is 0 Å². The first kappa shape index (κ1) is 16.9. The van der Waals surface area contributed by atoms with E-state index in [4.69, 9.17) is 19.3 Å². The number of aliphatic hydroxyl groups is 1. The van der Waals surface area contributed by atoms with Crippen LogP contribution < -0.4 is 11.5 Å². The van der Waals surface area contributed by atoms with E-state index in [1.54, 1.807) is 0 Å². The fourth-order valence-corrected chi connectivity index (χ4v) is 2.48. The van der Waals surface area contributed by atoms with Gasteiger partial charge < -0.3 is 26.6 Å². The Morgan fingerprint density at radius 3 is 2.60 bits per heavy atom. The maximum absolute atomic E-state index is 12.1. The minimum absolute atomic E-state index is 0.100. The number of carboxylic acid groups (broad SMARTS) is 1. The Balaban J connectivity index is 2.84. The SMILES string of the molecule is [B]CCC[C@H]1CN(C(=O)[C@@H](N)[C@@H](C)O)C[C@@]1(N)C(=O)O. The van der Waals surface area contributed by atoms with E-state index in [1.165, 1.54) is 11.8 Å². The average Bonchev–Trinajstić information content (AvgIpc) is 2.73. The zero-order chi connectivity index (χ0) is 15.5. The summed E-state index contributed by atoms with van der Waals surface area (Å²) >= 11 is 0. The number of hydrogen-bond acceptors (Lipinski definition) is 5. The lowest BCUT2D eigenvalue weighted by atomic mass is 9.83. The van der Waals surface area contributed by atoms with Crippen LogP contribution in [0.2, 0.25) is 6.32 Å². The first-order valence-corrected chi connectivity index (χ1v) is 6.68. The summed E-state index contributed by atoms with van der Waals surface area (Å²) in [6, 6.07) is -1.07. The van der Waals surface area contributed by atoms with Crippen molar-refractivity contribution in [3.8, 4) is 0 Å². The molecule has 1 rings (SSSR count). The summed E-state index contributed by atoms with van der Waals surface area (Å²) in [6.45, 7) is 1.54. The summed E-state index contributed by atoms with van der Waals surface area (Å²) < 4.78 is 0. The van der Waals surface area contributed by atoms with Gasteiger partial charge in [0, 0.05) is 19.0 Å². The molecular formula is C12H22BN3O4. The van der Waals surface area contributed by atoms with E-state index in [1.807, 2.05) is 0 Å². The lowest BCUT2D eigenvalue weighted by molar-refractivity contribution is -0.144. The number of amides is 1. The van der Waals surface area contributed by atoms with Gasteiger partial charge in [-0.15, -0.1) is 0 Å². The second-order valence-electron chi connectivity index (χ2n) is 5.46. The van der Waals surface area contributed by atoms with E-state index < -0.39 is 29.6 Å². The van der Waals surface area contributed by atoms with Crippen molar-refractivity contribution in [3.05, 3.63) is 0 Å². The Bertz CT molecular complexity index is 380. The molecule has 0 spiro atoms. The molecule has 2 radical (unpaired) electrons. The molecule has 1 aliphatic rings. The minimum atomic E-state index is -1.48. The number of carbonyl (C=O) groups excluding carboxylic acids is 1. The van der Waals surface area contributed by atoms with Crippen molar-refractivity contribution in [1.82, 2.24) is 4.90 Å². The molecule has 112 valence electrons. The molecule has 1 aliphatic heterocycles. The Hall–Kier alpha value is -1.12. The van der Waals surface area contributed by atoms with Crippen molar-refractivity contribution in [3.63, 3.8) is 0 Å². The standard InChI is InChI=1S/C12H22BN3O4/c1-7(17)9(14)10(18)16-5-8(3-2-4-13)12(15,6-16)11(19)20/h7-9,17H,2-6,14-15H2,1H3,(H,19,20)/t7-,8+,9+,12+/m1/s1. The average molecular weight is 283 g/mol.